The maximum Gasteiger partial charge on any atom is 0.326 e. The summed E-state index contributed by atoms with van der Waals surface area (Å²) in [4.78, 5) is 59.9. The Morgan fingerprint density at radius 3 is 2.05 bits per heavy atom. The molecular formula is C25H29N5O7. The van der Waals surface area contributed by atoms with Crippen LogP contribution in [0.1, 0.15) is 29.5 Å². The van der Waals surface area contributed by atoms with Crippen molar-refractivity contribution in [2.75, 3.05) is 6.54 Å². The van der Waals surface area contributed by atoms with Gasteiger partial charge in [-0.15, -0.1) is 0 Å². The molecule has 12 heteroatoms. The second kappa shape index (κ2) is 14.0. The molecule has 2 atom stereocenters. The number of nitrogens with two attached hydrogens (primary N) is 1. The van der Waals surface area contributed by atoms with E-state index in [1.165, 1.54) is 0 Å². The van der Waals surface area contributed by atoms with Crippen molar-refractivity contribution in [1.82, 2.24) is 16.0 Å². The molecule has 0 fully saturated rings. The van der Waals surface area contributed by atoms with Crippen LogP contribution in [0.3, 0.4) is 0 Å². The van der Waals surface area contributed by atoms with Gasteiger partial charge in [0, 0.05) is 24.9 Å². The number of rotatable bonds is 14. The standard InChI is InChI=1S/C25H29N5O7/c26-23(27)17-8-6-16(7-9-17)13-21(32)28-11-10-20(31)29-18(14-22(33)34)24(35)30-19(25(36)37)12-15-4-2-1-3-5-15/h1-9,18-19H,10-14H2,(H3,26,27)(H,28,32)(H,29,31)(H,30,35)(H,33,34)(H,36,37)/t18-,19-/m0/s1. The minimum Gasteiger partial charge on any atom is -0.481 e. The predicted octanol–water partition coefficient (Wildman–Crippen LogP) is -0.209. The normalized spacial score (nSPS) is 12.0. The molecule has 8 N–H and O–H groups in total. The fourth-order valence-corrected chi connectivity index (χ4v) is 3.34. The number of benzene rings is 2. The van der Waals surface area contributed by atoms with Crippen LogP contribution in [-0.4, -0.2) is 64.3 Å². The van der Waals surface area contributed by atoms with Gasteiger partial charge in [0.2, 0.25) is 17.7 Å². The van der Waals surface area contributed by atoms with Gasteiger partial charge in [-0.05, 0) is 11.1 Å². The van der Waals surface area contributed by atoms with Crippen LogP contribution in [0.5, 0.6) is 0 Å². The number of nitrogen functional groups attached to an aromatic ring is 1. The van der Waals surface area contributed by atoms with Crippen molar-refractivity contribution in [3.05, 3.63) is 71.3 Å². The zero-order valence-corrected chi connectivity index (χ0v) is 19.9. The SMILES string of the molecule is N=C(N)c1ccc(CC(=O)NCCC(=O)N[C@@H](CC(=O)O)C(=O)N[C@@H](Cc2ccccc2)C(=O)O)cc1. The Morgan fingerprint density at radius 1 is 0.838 bits per heavy atom. The largest absolute Gasteiger partial charge is 0.481 e. The molecule has 0 radical (unpaired) electrons. The third-order valence-corrected chi connectivity index (χ3v) is 5.23. The average Bonchev–Trinajstić information content (AvgIpc) is 2.83. The fraction of sp³-hybridized carbons (Fsp3) is 0.280. The molecule has 0 bridgehead atoms. The van der Waals surface area contributed by atoms with Crippen LogP contribution in [0.15, 0.2) is 54.6 Å². The molecule has 0 saturated carbocycles. The Kier molecular flexibility index (Phi) is 10.8. The number of carbonyl (C=O) groups excluding carboxylic acids is 3. The van der Waals surface area contributed by atoms with Gasteiger partial charge in [-0.2, -0.15) is 0 Å². The van der Waals surface area contributed by atoms with E-state index in [-0.39, 0.29) is 37.6 Å². The van der Waals surface area contributed by atoms with Crippen molar-refractivity contribution in [3.8, 4) is 0 Å². The quantitative estimate of drug-likeness (QED) is 0.133. The van der Waals surface area contributed by atoms with Gasteiger partial charge in [0.05, 0.1) is 12.8 Å². The van der Waals surface area contributed by atoms with Crippen LogP contribution < -0.4 is 21.7 Å². The molecule has 0 aliphatic rings. The Morgan fingerprint density at radius 2 is 1.49 bits per heavy atom. The maximum atomic E-state index is 12.6. The molecule has 2 rings (SSSR count). The summed E-state index contributed by atoms with van der Waals surface area (Å²) in [5.74, 6) is -4.77. The van der Waals surface area contributed by atoms with Crippen LogP contribution in [0, 0.1) is 5.41 Å². The first kappa shape index (κ1) is 28.5. The van der Waals surface area contributed by atoms with Crippen LogP contribution in [-0.2, 0) is 36.8 Å². The highest BCUT2D eigenvalue weighted by Gasteiger charge is 2.28. The highest BCUT2D eigenvalue weighted by Crippen LogP contribution is 2.06. The first-order chi connectivity index (χ1) is 17.5. The number of hydrogen-bond acceptors (Lipinski definition) is 6. The lowest BCUT2D eigenvalue weighted by atomic mass is 10.1. The number of hydrogen-bond donors (Lipinski definition) is 7. The summed E-state index contributed by atoms with van der Waals surface area (Å²) in [6.07, 6.45) is -0.982. The highest BCUT2D eigenvalue weighted by molar-refractivity contribution is 5.95. The lowest BCUT2D eigenvalue weighted by Crippen LogP contribution is -2.53. The number of carboxylic acids is 2. The van der Waals surface area contributed by atoms with Gasteiger partial charge >= 0.3 is 11.9 Å². The summed E-state index contributed by atoms with van der Waals surface area (Å²) in [7, 11) is 0. The molecule has 0 spiro atoms. The molecule has 12 nitrogen and oxygen atoms in total. The summed E-state index contributed by atoms with van der Waals surface area (Å²) >= 11 is 0. The topological polar surface area (TPSA) is 212 Å². The Labute approximate surface area is 212 Å². The molecule has 2 aromatic rings. The second-order valence-electron chi connectivity index (χ2n) is 8.19. The molecule has 0 saturated heterocycles. The second-order valence-corrected chi connectivity index (χ2v) is 8.19. The summed E-state index contributed by atoms with van der Waals surface area (Å²) in [6, 6.07) is 12.3. The van der Waals surface area contributed by atoms with Gasteiger partial charge in [0.15, 0.2) is 0 Å². The minimum absolute atomic E-state index is 0.0286. The maximum absolute atomic E-state index is 12.6. The van der Waals surface area contributed by atoms with E-state index in [0.717, 1.165) is 0 Å². The monoisotopic (exact) mass is 511 g/mol. The van der Waals surface area contributed by atoms with Gasteiger partial charge in [-0.1, -0.05) is 54.6 Å². The lowest BCUT2D eigenvalue weighted by Gasteiger charge is -2.20. The summed E-state index contributed by atoms with van der Waals surface area (Å²) in [5.41, 5.74) is 7.24. The minimum atomic E-state index is -1.50. The summed E-state index contributed by atoms with van der Waals surface area (Å²) in [5, 5.41) is 33.1. The molecule has 0 aromatic heterocycles. The Bertz CT molecular complexity index is 1140. The lowest BCUT2D eigenvalue weighted by molar-refractivity contribution is -0.143. The number of carbonyl (C=O) groups is 5. The molecule has 0 aliphatic carbocycles. The van der Waals surface area contributed by atoms with Crippen LogP contribution in [0.2, 0.25) is 0 Å². The third-order valence-electron chi connectivity index (χ3n) is 5.23. The van der Waals surface area contributed by atoms with Crippen molar-refractivity contribution in [1.29, 1.82) is 5.41 Å². The first-order valence-corrected chi connectivity index (χ1v) is 11.3. The van der Waals surface area contributed by atoms with Gasteiger partial charge < -0.3 is 31.9 Å². The molecular weight excluding hydrogens is 482 g/mol. The highest BCUT2D eigenvalue weighted by atomic mass is 16.4. The van der Waals surface area contributed by atoms with Gasteiger partial charge in [0.25, 0.3) is 0 Å². The van der Waals surface area contributed by atoms with E-state index in [1.807, 2.05) is 0 Å². The molecule has 3 amide bonds. The van der Waals surface area contributed by atoms with Crippen molar-refractivity contribution in [2.24, 2.45) is 5.73 Å². The fourth-order valence-electron chi connectivity index (χ4n) is 3.34. The van der Waals surface area contributed by atoms with Crippen molar-refractivity contribution >= 4 is 35.5 Å². The smallest absolute Gasteiger partial charge is 0.326 e. The van der Waals surface area contributed by atoms with Crippen molar-refractivity contribution < 1.29 is 34.2 Å². The van der Waals surface area contributed by atoms with Crippen molar-refractivity contribution in [3.63, 3.8) is 0 Å². The van der Waals surface area contributed by atoms with Gasteiger partial charge in [0.1, 0.15) is 17.9 Å². The van der Waals surface area contributed by atoms with Gasteiger partial charge in [-0.25, -0.2) is 4.79 Å². The predicted molar refractivity (Wildman–Crippen MR) is 133 cm³/mol. The zero-order valence-electron chi connectivity index (χ0n) is 19.9. The van der Waals surface area contributed by atoms with Crippen molar-refractivity contribution in [2.45, 2.75) is 37.8 Å². The third kappa shape index (κ3) is 10.2. The van der Waals surface area contributed by atoms with E-state index in [0.29, 0.717) is 16.7 Å². The van der Waals surface area contributed by atoms with E-state index in [1.54, 1.807) is 54.6 Å². The Balaban J connectivity index is 1.87. The average molecular weight is 512 g/mol. The van der Waals surface area contributed by atoms with E-state index in [4.69, 9.17) is 16.2 Å². The van der Waals surface area contributed by atoms with Crippen LogP contribution in [0.25, 0.3) is 0 Å². The first-order valence-electron chi connectivity index (χ1n) is 11.3. The summed E-state index contributed by atoms with van der Waals surface area (Å²) in [6.45, 7) is -0.0661. The summed E-state index contributed by atoms with van der Waals surface area (Å²) < 4.78 is 0. The van der Waals surface area contributed by atoms with Crippen LogP contribution >= 0.6 is 0 Å². The number of nitrogens with one attached hydrogen (secondary N) is 4. The molecule has 2 aromatic carbocycles. The van der Waals surface area contributed by atoms with E-state index in [2.05, 4.69) is 16.0 Å². The van der Waals surface area contributed by atoms with E-state index >= 15 is 0 Å². The molecule has 0 unspecified atom stereocenters. The molecule has 0 heterocycles. The number of amides is 3. The van der Waals surface area contributed by atoms with Crippen LogP contribution in [0.4, 0.5) is 0 Å². The number of carboxylic acid groups (broad SMARTS) is 2. The van der Waals surface area contributed by atoms with E-state index < -0.39 is 42.3 Å². The zero-order chi connectivity index (χ0) is 27.4. The molecule has 37 heavy (non-hydrogen) atoms. The van der Waals surface area contributed by atoms with E-state index in [9.17, 15) is 29.1 Å². The molecule has 0 aliphatic heterocycles. The Hall–Kier alpha value is -4.74. The number of aliphatic carboxylic acids is 2. The van der Waals surface area contributed by atoms with Gasteiger partial charge in [-0.3, -0.25) is 24.6 Å². The molecule has 196 valence electrons. The number of amidine groups is 1.